The van der Waals surface area contributed by atoms with Crippen LogP contribution in [-0.2, 0) is 9.53 Å². The zero-order valence-corrected chi connectivity index (χ0v) is 24.7. The number of hydrogen-bond donors (Lipinski definition) is 1. The molecule has 3 heterocycles. The Hall–Kier alpha value is -3.12. The molecule has 1 N–H and O–H groups in total. The molecule has 5 rings (SSSR count). The first kappa shape index (κ1) is 29.4. The van der Waals surface area contributed by atoms with Crippen LogP contribution in [0.5, 0.6) is 0 Å². The summed E-state index contributed by atoms with van der Waals surface area (Å²) in [6.07, 6.45) is 7.54. The van der Waals surface area contributed by atoms with Crippen LogP contribution in [-0.4, -0.2) is 76.1 Å². The number of hydrogen-bond acceptors (Lipinski definition) is 6. The van der Waals surface area contributed by atoms with Crippen molar-refractivity contribution in [1.82, 2.24) is 20.0 Å². The zero-order chi connectivity index (χ0) is 29.3. The lowest BCUT2D eigenvalue weighted by Crippen LogP contribution is -2.57. The molecule has 1 aliphatic carbocycles. The molecule has 0 radical (unpaired) electrons. The van der Waals surface area contributed by atoms with Gasteiger partial charge in [0, 0.05) is 31.4 Å². The van der Waals surface area contributed by atoms with Crippen molar-refractivity contribution in [3.63, 3.8) is 0 Å². The highest BCUT2D eigenvalue weighted by Crippen LogP contribution is 2.45. The molecule has 3 aliphatic heterocycles. The lowest BCUT2D eigenvalue weighted by Gasteiger charge is -2.44. The van der Waals surface area contributed by atoms with Gasteiger partial charge >= 0.3 is 6.09 Å². The number of halogens is 1. The molecule has 5 atom stereocenters. The predicted molar refractivity (Wildman–Crippen MR) is 154 cm³/mol. The van der Waals surface area contributed by atoms with Crippen LogP contribution in [0.1, 0.15) is 83.7 Å². The minimum atomic E-state index is -0.656. The smallest absolute Gasteiger partial charge is 0.408 e. The maximum atomic E-state index is 14.0. The van der Waals surface area contributed by atoms with E-state index in [4.69, 9.17) is 4.74 Å². The van der Waals surface area contributed by atoms with E-state index < -0.39 is 17.7 Å². The van der Waals surface area contributed by atoms with Gasteiger partial charge in [0.15, 0.2) is 0 Å². The van der Waals surface area contributed by atoms with Crippen molar-refractivity contribution >= 4 is 12.0 Å². The fraction of sp³-hybridized carbons (Fsp3) is 0.656. The van der Waals surface area contributed by atoms with Crippen LogP contribution >= 0.6 is 0 Å². The van der Waals surface area contributed by atoms with Crippen LogP contribution in [0.15, 0.2) is 36.5 Å². The van der Waals surface area contributed by atoms with E-state index in [9.17, 15) is 19.2 Å². The highest BCUT2D eigenvalue weighted by Gasteiger charge is 2.53. The fourth-order valence-corrected chi connectivity index (χ4v) is 7.39. The van der Waals surface area contributed by atoms with E-state index in [2.05, 4.69) is 27.8 Å². The molecule has 222 valence electrons. The number of alkyl carbamates (subject to hydrolysis) is 1. The van der Waals surface area contributed by atoms with Crippen molar-refractivity contribution in [2.24, 2.45) is 5.92 Å². The molecule has 8 nitrogen and oxygen atoms in total. The number of rotatable bonds is 8. The molecule has 0 aromatic heterocycles. The second kappa shape index (κ2) is 12.0. The van der Waals surface area contributed by atoms with Crippen molar-refractivity contribution in [3.8, 4) is 6.07 Å². The van der Waals surface area contributed by atoms with E-state index in [1.54, 1.807) is 0 Å². The first-order valence-corrected chi connectivity index (χ1v) is 15.2. The van der Waals surface area contributed by atoms with Crippen LogP contribution in [0.25, 0.3) is 0 Å². The average molecular weight is 566 g/mol. The Morgan fingerprint density at radius 1 is 1.17 bits per heavy atom. The summed E-state index contributed by atoms with van der Waals surface area (Å²) >= 11 is 0. The van der Waals surface area contributed by atoms with Crippen LogP contribution in [0.2, 0.25) is 0 Å². The predicted octanol–water partition coefficient (Wildman–Crippen LogP) is 5.13. The Kier molecular flexibility index (Phi) is 8.60. The molecule has 0 spiro atoms. The standard InChI is InChI=1S/C32H44FN5O3/c1-21(37-16-8-11-25(37)18-34)27(35-31(40)41-32(2,3)4)20-36-19-26-17-28(36)30(39)38(26)29(22-9-6-5-7-10-22)23-12-14-24(33)15-13-23/h12-15,22,25-29H,1,5-11,16-17,19-20H2,2-4H3,(H,35,40)/t25?,26?,27-,28-,29?/m0/s1. The first-order valence-electron chi connectivity index (χ1n) is 15.2. The minimum Gasteiger partial charge on any atom is -0.444 e. The number of nitriles is 1. The Morgan fingerprint density at radius 3 is 2.51 bits per heavy atom. The number of nitrogens with zero attached hydrogens (tertiary/aromatic N) is 4. The van der Waals surface area contributed by atoms with Gasteiger partial charge in [-0.1, -0.05) is 38.0 Å². The molecule has 4 fully saturated rings. The van der Waals surface area contributed by atoms with Gasteiger partial charge in [-0.05, 0) is 76.5 Å². The van der Waals surface area contributed by atoms with Crippen molar-refractivity contribution in [1.29, 1.82) is 5.26 Å². The molecule has 4 aliphatic rings. The monoisotopic (exact) mass is 565 g/mol. The molecule has 9 heteroatoms. The van der Waals surface area contributed by atoms with E-state index >= 15 is 0 Å². The van der Waals surface area contributed by atoms with E-state index in [0.29, 0.717) is 31.2 Å². The highest BCUT2D eigenvalue weighted by atomic mass is 19.1. The maximum absolute atomic E-state index is 14.0. The number of likely N-dealkylation sites (tertiary alicyclic amines) is 3. The molecule has 1 saturated carbocycles. The number of carbonyl (C=O) groups excluding carboxylic acids is 2. The summed E-state index contributed by atoms with van der Waals surface area (Å²) in [6.45, 7) is 11.6. The summed E-state index contributed by atoms with van der Waals surface area (Å²) in [5, 5.41) is 12.7. The summed E-state index contributed by atoms with van der Waals surface area (Å²) < 4.78 is 19.4. The molecular formula is C32H44FN5O3. The molecule has 2 bridgehead atoms. The van der Waals surface area contributed by atoms with Gasteiger partial charge in [-0.15, -0.1) is 0 Å². The molecule has 41 heavy (non-hydrogen) atoms. The quantitative estimate of drug-likeness (QED) is 0.470. The zero-order valence-electron chi connectivity index (χ0n) is 24.7. The van der Waals surface area contributed by atoms with Gasteiger partial charge in [-0.25, -0.2) is 9.18 Å². The Balaban J connectivity index is 1.34. The van der Waals surface area contributed by atoms with Gasteiger partial charge in [0.2, 0.25) is 5.91 Å². The number of carbonyl (C=O) groups is 2. The number of ether oxygens (including phenoxy) is 1. The Bertz CT molecular complexity index is 1170. The van der Waals surface area contributed by atoms with E-state index in [0.717, 1.165) is 50.5 Å². The molecule has 3 unspecified atom stereocenters. The molecule has 3 saturated heterocycles. The fourth-order valence-electron chi connectivity index (χ4n) is 7.39. The topological polar surface area (TPSA) is 88.9 Å². The van der Waals surface area contributed by atoms with Crippen molar-refractivity contribution in [3.05, 3.63) is 47.9 Å². The van der Waals surface area contributed by atoms with Crippen LogP contribution in [0, 0.1) is 23.1 Å². The molecule has 1 aromatic carbocycles. The average Bonchev–Trinajstić information content (AvgIpc) is 3.64. The molecular weight excluding hydrogens is 521 g/mol. The van der Waals surface area contributed by atoms with Gasteiger partial charge in [-0.3, -0.25) is 9.69 Å². The third-order valence-electron chi connectivity index (χ3n) is 9.20. The van der Waals surface area contributed by atoms with Crippen LogP contribution < -0.4 is 5.32 Å². The van der Waals surface area contributed by atoms with E-state index in [1.165, 1.54) is 18.6 Å². The second-order valence-corrected chi connectivity index (χ2v) is 13.2. The van der Waals surface area contributed by atoms with Crippen molar-refractivity contribution < 1.29 is 18.7 Å². The van der Waals surface area contributed by atoms with Gasteiger partial charge < -0.3 is 19.9 Å². The Labute approximate surface area is 243 Å². The molecule has 1 aromatic rings. The highest BCUT2D eigenvalue weighted by molar-refractivity contribution is 5.86. The summed E-state index contributed by atoms with van der Waals surface area (Å²) in [5.41, 5.74) is 1.04. The largest absolute Gasteiger partial charge is 0.444 e. The van der Waals surface area contributed by atoms with Crippen molar-refractivity contribution in [2.75, 3.05) is 19.6 Å². The second-order valence-electron chi connectivity index (χ2n) is 13.2. The third-order valence-corrected chi connectivity index (χ3v) is 9.20. The summed E-state index contributed by atoms with van der Waals surface area (Å²) in [4.78, 5) is 33.1. The first-order chi connectivity index (χ1) is 19.6. The van der Waals surface area contributed by atoms with Gasteiger partial charge in [0.05, 0.1) is 24.2 Å². The van der Waals surface area contributed by atoms with E-state index in [1.807, 2.05) is 37.8 Å². The van der Waals surface area contributed by atoms with Gasteiger partial charge in [0.25, 0.3) is 0 Å². The number of nitrogens with one attached hydrogen (secondary N) is 1. The van der Waals surface area contributed by atoms with E-state index in [-0.39, 0.29) is 35.9 Å². The van der Waals surface area contributed by atoms with Crippen LogP contribution in [0.4, 0.5) is 9.18 Å². The van der Waals surface area contributed by atoms with Crippen LogP contribution in [0.3, 0.4) is 0 Å². The third kappa shape index (κ3) is 6.38. The van der Waals surface area contributed by atoms with Gasteiger partial charge in [-0.2, -0.15) is 5.26 Å². The summed E-state index contributed by atoms with van der Waals surface area (Å²) in [7, 11) is 0. The lowest BCUT2D eigenvalue weighted by molar-refractivity contribution is -0.141. The van der Waals surface area contributed by atoms with Crippen molar-refractivity contribution in [2.45, 2.75) is 108 Å². The maximum Gasteiger partial charge on any atom is 0.408 e. The summed E-state index contributed by atoms with van der Waals surface area (Å²) in [6, 6.07) is 8.01. The summed E-state index contributed by atoms with van der Waals surface area (Å²) in [5.74, 6) is 0.209. The number of piperazine rings is 1. The minimum absolute atomic E-state index is 0.0489. The number of fused-ring (bicyclic) bond motifs is 2. The SMILES string of the molecule is C=C([C@H](CN1CC2C[C@H]1C(=O)N2C(c1ccc(F)cc1)C1CCCCC1)NC(=O)OC(C)(C)C)N1CCCC1C#N. The number of amides is 2. The normalized spacial score (nSPS) is 26.6. The molecule has 2 amide bonds. The number of benzene rings is 1. The van der Waals surface area contributed by atoms with Gasteiger partial charge in [0.1, 0.15) is 17.5 Å². The Morgan fingerprint density at radius 2 is 1.88 bits per heavy atom. The lowest BCUT2D eigenvalue weighted by atomic mass is 9.80.